The second kappa shape index (κ2) is 4.71. The first-order chi connectivity index (χ1) is 8.52. The van der Waals surface area contributed by atoms with Gasteiger partial charge in [-0.2, -0.15) is 5.06 Å². The van der Waals surface area contributed by atoms with E-state index in [1.807, 2.05) is 38.1 Å². The highest BCUT2D eigenvalue weighted by atomic mass is 16.5. The lowest BCUT2D eigenvalue weighted by Crippen LogP contribution is -2.43. The molecule has 0 fully saturated rings. The molecule has 1 aliphatic rings. The Morgan fingerprint density at radius 2 is 2.06 bits per heavy atom. The fraction of sp³-hybridized carbons (Fsp3) is 0.500. The number of ether oxygens (including phenoxy) is 1. The molecule has 1 aliphatic heterocycles. The van der Waals surface area contributed by atoms with Crippen molar-refractivity contribution >= 4 is 5.71 Å². The van der Waals surface area contributed by atoms with Crippen LogP contribution in [0.4, 0.5) is 0 Å². The van der Waals surface area contributed by atoms with Crippen LogP contribution in [0.25, 0.3) is 0 Å². The van der Waals surface area contributed by atoms with Crippen molar-refractivity contribution in [3.63, 3.8) is 0 Å². The van der Waals surface area contributed by atoms with E-state index in [-0.39, 0.29) is 6.17 Å². The van der Waals surface area contributed by atoms with Gasteiger partial charge in [-0.15, -0.1) is 0 Å². The Bertz CT molecular complexity index is 469. The largest absolute Gasteiger partial charge is 0.496 e. The molecule has 4 nitrogen and oxygen atoms in total. The van der Waals surface area contributed by atoms with Crippen LogP contribution in [0.3, 0.4) is 0 Å². The third-order valence-corrected chi connectivity index (χ3v) is 3.54. The van der Waals surface area contributed by atoms with Gasteiger partial charge >= 0.3 is 0 Å². The van der Waals surface area contributed by atoms with E-state index in [1.165, 1.54) is 5.06 Å². The van der Waals surface area contributed by atoms with Crippen LogP contribution in [0.1, 0.15) is 38.9 Å². The van der Waals surface area contributed by atoms with Crippen molar-refractivity contribution in [1.82, 2.24) is 5.06 Å². The predicted molar refractivity (Wildman–Crippen MR) is 71.2 cm³/mol. The van der Waals surface area contributed by atoms with Gasteiger partial charge in [-0.3, -0.25) is 4.99 Å². The summed E-state index contributed by atoms with van der Waals surface area (Å²) < 4.78 is 5.34. The summed E-state index contributed by atoms with van der Waals surface area (Å²) in [6.45, 7) is 6.01. The van der Waals surface area contributed by atoms with Gasteiger partial charge in [0.15, 0.2) is 6.17 Å². The maximum absolute atomic E-state index is 10.4. The molecular weight excluding hydrogens is 228 g/mol. The summed E-state index contributed by atoms with van der Waals surface area (Å²) in [5, 5.41) is 11.7. The van der Waals surface area contributed by atoms with Gasteiger partial charge in [0.1, 0.15) is 5.75 Å². The van der Waals surface area contributed by atoms with Crippen molar-refractivity contribution in [2.45, 2.75) is 38.9 Å². The molecule has 0 aromatic heterocycles. The SMILES string of the molecule is CCC1=N[C@@H](c2ccccc2OC)N(O)C1(C)C. The van der Waals surface area contributed by atoms with E-state index in [4.69, 9.17) is 4.74 Å². The van der Waals surface area contributed by atoms with Crippen LogP contribution < -0.4 is 4.74 Å². The molecule has 4 heteroatoms. The minimum Gasteiger partial charge on any atom is -0.496 e. The zero-order valence-electron chi connectivity index (χ0n) is 11.3. The van der Waals surface area contributed by atoms with E-state index in [0.717, 1.165) is 23.4 Å². The fourth-order valence-corrected chi connectivity index (χ4v) is 2.40. The number of methoxy groups -OCH3 is 1. The van der Waals surface area contributed by atoms with Crippen molar-refractivity contribution in [3.8, 4) is 5.75 Å². The number of para-hydroxylation sites is 1. The third-order valence-electron chi connectivity index (χ3n) is 3.54. The molecule has 1 N–H and O–H groups in total. The summed E-state index contributed by atoms with van der Waals surface area (Å²) in [6.07, 6.45) is 0.446. The topological polar surface area (TPSA) is 45.1 Å². The summed E-state index contributed by atoms with van der Waals surface area (Å²) in [4.78, 5) is 4.63. The molecule has 98 valence electrons. The normalized spacial score (nSPS) is 22.9. The molecular formula is C14H20N2O2. The van der Waals surface area contributed by atoms with Gasteiger partial charge in [-0.05, 0) is 26.3 Å². The Kier molecular flexibility index (Phi) is 3.41. The molecule has 0 aliphatic carbocycles. The maximum atomic E-state index is 10.4. The van der Waals surface area contributed by atoms with Gasteiger partial charge in [0.2, 0.25) is 0 Å². The highest BCUT2D eigenvalue weighted by Crippen LogP contribution is 2.39. The molecule has 1 aromatic carbocycles. The first-order valence-corrected chi connectivity index (χ1v) is 6.20. The van der Waals surface area contributed by atoms with Crippen LogP contribution in [-0.4, -0.2) is 28.6 Å². The molecule has 1 aromatic rings. The smallest absolute Gasteiger partial charge is 0.154 e. The number of rotatable bonds is 3. The molecule has 0 bridgehead atoms. The molecule has 0 saturated carbocycles. The molecule has 0 spiro atoms. The first-order valence-electron chi connectivity index (χ1n) is 6.20. The number of hydroxylamine groups is 2. The van der Waals surface area contributed by atoms with E-state index < -0.39 is 5.54 Å². The van der Waals surface area contributed by atoms with E-state index in [9.17, 15) is 5.21 Å². The summed E-state index contributed by atoms with van der Waals surface area (Å²) in [6, 6.07) is 7.66. The highest BCUT2D eigenvalue weighted by molar-refractivity contribution is 5.94. The van der Waals surface area contributed by atoms with E-state index >= 15 is 0 Å². The van der Waals surface area contributed by atoms with Gasteiger partial charge in [0.25, 0.3) is 0 Å². The second-order valence-corrected chi connectivity index (χ2v) is 4.95. The Hall–Kier alpha value is -1.39. The third kappa shape index (κ3) is 1.91. The van der Waals surface area contributed by atoms with Gasteiger partial charge in [0, 0.05) is 11.3 Å². The molecule has 2 rings (SSSR count). The van der Waals surface area contributed by atoms with Gasteiger partial charge in [0.05, 0.1) is 12.6 Å². The van der Waals surface area contributed by atoms with Gasteiger partial charge in [-0.1, -0.05) is 25.1 Å². The summed E-state index contributed by atoms with van der Waals surface area (Å²) in [7, 11) is 1.63. The van der Waals surface area contributed by atoms with Gasteiger partial charge < -0.3 is 9.94 Å². The van der Waals surface area contributed by atoms with Crippen molar-refractivity contribution in [2.24, 2.45) is 4.99 Å². The molecule has 18 heavy (non-hydrogen) atoms. The minimum absolute atomic E-state index is 0.383. The number of aliphatic imine (C=N–C) groups is 1. The number of hydrogen-bond acceptors (Lipinski definition) is 4. The van der Waals surface area contributed by atoms with Crippen molar-refractivity contribution in [2.75, 3.05) is 7.11 Å². The minimum atomic E-state index is -0.430. The molecule has 0 radical (unpaired) electrons. The van der Waals surface area contributed by atoms with E-state index in [0.29, 0.717) is 0 Å². The Balaban J connectivity index is 2.44. The molecule has 0 saturated heterocycles. The lowest BCUT2D eigenvalue weighted by atomic mass is 9.97. The lowest BCUT2D eigenvalue weighted by molar-refractivity contribution is -0.160. The summed E-state index contributed by atoms with van der Waals surface area (Å²) in [5.74, 6) is 0.749. The van der Waals surface area contributed by atoms with Crippen LogP contribution in [-0.2, 0) is 0 Å². The molecule has 0 amide bonds. The molecule has 1 heterocycles. The van der Waals surface area contributed by atoms with Crippen LogP contribution in [0.5, 0.6) is 5.75 Å². The van der Waals surface area contributed by atoms with Crippen molar-refractivity contribution < 1.29 is 9.94 Å². The number of nitrogens with zero attached hydrogens (tertiary/aromatic N) is 2. The predicted octanol–water partition coefficient (Wildman–Crippen LogP) is 3.03. The second-order valence-electron chi connectivity index (χ2n) is 4.95. The average molecular weight is 248 g/mol. The molecule has 1 atom stereocenters. The molecule has 0 unspecified atom stereocenters. The number of benzene rings is 1. The Morgan fingerprint density at radius 1 is 1.39 bits per heavy atom. The van der Waals surface area contributed by atoms with Crippen molar-refractivity contribution in [1.29, 1.82) is 0 Å². The standard InChI is InChI=1S/C14H20N2O2/c1-5-12-14(2,3)16(17)13(15-12)10-8-6-7-9-11(10)18-4/h6-9,13,17H,5H2,1-4H3/t13-/m1/s1. The van der Waals surface area contributed by atoms with Crippen LogP contribution >= 0.6 is 0 Å². The zero-order valence-corrected chi connectivity index (χ0v) is 11.3. The Morgan fingerprint density at radius 3 is 2.61 bits per heavy atom. The van der Waals surface area contributed by atoms with E-state index in [2.05, 4.69) is 11.9 Å². The quantitative estimate of drug-likeness (QED) is 0.894. The monoisotopic (exact) mass is 248 g/mol. The van der Waals surface area contributed by atoms with Gasteiger partial charge in [-0.25, -0.2) is 0 Å². The van der Waals surface area contributed by atoms with Crippen LogP contribution in [0, 0.1) is 0 Å². The van der Waals surface area contributed by atoms with Crippen LogP contribution in [0.15, 0.2) is 29.3 Å². The fourth-order valence-electron chi connectivity index (χ4n) is 2.40. The van der Waals surface area contributed by atoms with Crippen molar-refractivity contribution in [3.05, 3.63) is 29.8 Å². The maximum Gasteiger partial charge on any atom is 0.154 e. The van der Waals surface area contributed by atoms with Crippen LogP contribution in [0.2, 0.25) is 0 Å². The summed E-state index contributed by atoms with van der Waals surface area (Å²) >= 11 is 0. The van der Waals surface area contributed by atoms with E-state index in [1.54, 1.807) is 7.11 Å². The average Bonchev–Trinajstić information content (AvgIpc) is 2.61. The highest BCUT2D eigenvalue weighted by Gasteiger charge is 2.42. The zero-order chi connectivity index (χ0) is 13.3. The lowest BCUT2D eigenvalue weighted by Gasteiger charge is -2.30. The Labute approximate surface area is 108 Å². The number of hydrogen-bond donors (Lipinski definition) is 1. The first kappa shape index (κ1) is 13.1. The summed E-state index contributed by atoms with van der Waals surface area (Å²) in [5.41, 5.74) is 1.46.